The van der Waals surface area contributed by atoms with E-state index in [2.05, 4.69) is 34.0 Å². The molecule has 3 rings (SSSR count). The quantitative estimate of drug-likeness (QED) is 0.751. The van der Waals surface area contributed by atoms with E-state index in [0.29, 0.717) is 0 Å². The minimum absolute atomic E-state index is 1.13. The molecule has 4 heteroatoms. The summed E-state index contributed by atoms with van der Waals surface area (Å²) < 4.78 is 1.29. The summed E-state index contributed by atoms with van der Waals surface area (Å²) >= 11 is 1.85. The first kappa shape index (κ1) is 10.1. The van der Waals surface area contributed by atoms with Crippen molar-refractivity contribution in [1.29, 1.82) is 0 Å². The van der Waals surface area contributed by atoms with Crippen LogP contribution in [0.15, 0.2) is 24.4 Å². The second-order valence-corrected chi connectivity index (χ2v) is 5.32. The van der Waals surface area contributed by atoms with Crippen molar-refractivity contribution < 1.29 is 0 Å². The van der Waals surface area contributed by atoms with Crippen LogP contribution in [0.25, 0.3) is 10.2 Å². The topological polar surface area (TPSA) is 19.4 Å². The van der Waals surface area contributed by atoms with Gasteiger partial charge in [-0.1, -0.05) is 0 Å². The van der Waals surface area contributed by atoms with Crippen LogP contribution in [0.3, 0.4) is 0 Å². The summed E-state index contributed by atoms with van der Waals surface area (Å²) in [7, 11) is 2.18. The number of rotatable bonds is 1. The van der Waals surface area contributed by atoms with Gasteiger partial charge in [-0.2, -0.15) is 0 Å². The predicted molar refractivity (Wildman–Crippen MR) is 69.3 cm³/mol. The molecule has 0 unspecified atom stereocenters. The molecule has 1 saturated heterocycles. The molecule has 0 radical (unpaired) electrons. The Bertz CT molecular complexity index is 453. The fourth-order valence-corrected chi connectivity index (χ4v) is 3.11. The van der Waals surface area contributed by atoms with Crippen LogP contribution in [0, 0.1) is 0 Å². The molecule has 2 aromatic heterocycles. The second-order valence-electron chi connectivity index (χ2n) is 4.26. The molecule has 0 amide bonds. The van der Waals surface area contributed by atoms with Crippen LogP contribution < -0.4 is 4.90 Å². The average molecular weight is 233 g/mol. The van der Waals surface area contributed by atoms with Gasteiger partial charge in [-0.05, 0) is 25.2 Å². The molecule has 16 heavy (non-hydrogen) atoms. The van der Waals surface area contributed by atoms with E-state index in [4.69, 9.17) is 0 Å². The number of pyridine rings is 1. The normalized spacial score (nSPS) is 18.2. The smallest absolute Gasteiger partial charge is 0.0938 e. The van der Waals surface area contributed by atoms with E-state index in [9.17, 15) is 0 Å². The molecule has 0 atom stereocenters. The molecule has 1 aliphatic heterocycles. The van der Waals surface area contributed by atoms with Gasteiger partial charge in [-0.25, -0.2) is 0 Å². The standard InChI is InChI=1S/C12H15N3S/c1-14-5-7-15(8-6-14)12-9-10-11(16-12)3-2-4-13-10/h2-4,9H,5-8H2,1H3. The molecule has 2 aromatic rings. The van der Waals surface area contributed by atoms with Crippen molar-refractivity contribution in [2.24, 2.45) is 0 Å². The Kier molecular flexibility index (Phi) is 2.53. The molecule has 1 fully saturated rings. The number of anilines is 1. The lowest BCUT2D eigenvalue weighted by molar-refractivity contribution is 0.313. The van der Waals surface area contributed by atoms with Crippen LogP contribution in [-0.4, -0.2) is 43.1 Å². The molecular formula is C12H15N3S. The first-order valence-corrected chi connectivity index (χ1v) is 6.42. The van der Waals surface area contributed by atoms with Crippen molar-refractivity contribution in [3.05, 3.63) is 24.4 Å². The summed E-state index contributed by atoms with van der Waals surface area (Å²) in [6.45, 7) is 4.57. The Hall–Kier alpha value is -1.13. The van der Waals surface area contributed by atoms with Crippen LogP contribution in [0.1, 0.15) is 0 Å². The maximum atomic E-state index is 4.38. The third kappa shape index (κ3) is 1.79. The van der Waals surface area contributed by atoms with Crippen molar-refractivity contribution in [1.82, 2.24) is 9.88 Å². The SMILES string of the molecule is CN1CCN(c2cc3ncccc3s2)CC1. The van der Waals surface area contributed by atoms with Gasteiger partial charge in [0, 0.05) is 32.4 Å². The number of piperazine rings is 1. The summed E-state index contributed by atoms with van der Waals surface area (Å²) in [6, 6.07) is 6.37. The van der Waals surface area contributed by atoms with Crippen molar-refractivity contribution in [3.8, 4) is 0 Å². The van der Waals surface area contributed by atoms with Crippen molar-refractivity contribution >= 4 is 26.6 Å². The summed E-state index contributed by atoms with van der Waals surface area (Å²) in [5.41, 5.74) is 1.13. The summed E-state index contributed by atoms with van der Waals surface area (Å²) in [6.07, 6.45) is 1.86. The number of likely N-dealkylation sites (N-methyl/N-ethyl adjacent to an activating group) is 1. The van der Waals surface area contributed by atoms with E-state index in [0.717, 1.165) is 31.7 Å². The lowest BCUT2D eigenvalue weighted by Gasteiger charge is -2.32. The molecule has 0 aliphatic carbocycles. The van der Waals surface area contributed by atoms with E-state index in [1.165, 1.54) is 9.70 Å². The van der Waals surface area contributed by atoms with E-state index in [-0.39, 0.29) is 0 Å². The maximum absolute atomic E-state index is 4.38. The van der Waals surface area contributed by atoms with Crippen molar-refractivity contribution in [3.63, 3.8) is 0 Å². The zero-order chi connectivity index (χ0) is 11.0. The van der Waals surface area contributed by atoms with Gasteiger partial charge >= 0.3 is 0 Å². The highest BCUT2D eigenvalue weighted by atomic mass is 32.1. The van der Waals surface area contributed by atoms with Gasteiger partial charge in [-0.3, -0.25) is 4.98 Å². The van der Waals surface area contributed by atoms with Crippen molar-refractivity contribution in [2.75, 3.05) is 38.1 Å². The highest BCUT2D eigenvalue weighted by Gasteiger charge is 2.16. The molecule has 0 N–H and O–H groups in total. The molecular weight excluding hydrogens is 218 g/mol. The Morgan fingerprint density at radius 2 is 2.06 bits per heavy atom. The van der Waals surface area contributed by atoms with Gasteiger partial charge in [0.05, 0.1) is 15.2 Å². The van der Waals surface area contributed by atoms with Gasteiger partial charge in [0.15, 0.2) is 0 Å². The first-order valence-electron chi connectivity index (χ1n) is 5.61. The van der Waals surface area contributed by atoms with Gasteiger partial charge in [0.1, 0.15) is 0 Å². The fraction of sp³-hybridized carbons (Fsp3) is 0.417. The third-order valence-corrected chi connectivity index (χ3v) is 4.24. The number of fused-ring (bicyclic) bond motifs is 1. The highest BCUT2D eigenvalue weighted by molar-refractivity contribution is 7.22. The minimum Gasteiger partial charge on any atom is -0.361 e. The number of nitrogens with zero attached hydrogens (tertiary/aromatic N) is 3. The minimum atomic E-state index is 1.13. The Morgan fingerprint density at radius 3 is 2.81 bits per heavy atom. The van der Waals surface area contributed by atoms with Crippen LogP contribution in [0.5, 0.6) is 0 Å². The summed E-state index contributed by atoms with van der Waals surface area (Å²) in [5, 5.41) is 1.36. The Balaban J connectivity index is 1.88. The van der Waals surface area contributed by atoms with Gasteiger partial charge in [-0.15, -0.1) is 11.3 Å². The highest BCUT2D eigenvalue weighted by Crippen LogP contribution is 2.31. The molecule has 1 aliphatic rings. The number of hydrogen-bond acceptors (Lipinski definition) is 4. The number of thiophene rings is 1. The van der Waals surface area contributed by atoms with E-state index in [1.807, 2.05) is 23.6 Å². The molecule has 0 bridgehead atoms. The van der Waals surface area contributed by atoms with Crippen molar-refractivity contribution in [2.45, 2.75) is 0 Å². The fourth-order valence-electron chi connectivity index (χ4n) is 2.04. The van der Waals surface area contributed by atoms with Gasteiger partial charge < -0.3 is 9.80 Å². The molecule has 0 saturated carbocycles. The van der Waals surface area contributed by atoms with Crippen LogP contribution >= 0.6 is 11.3 Å². The van der Waals surface area contributed by atoms with Gasteiger partial charge in [0.25, 0.3) is 0 Å². The first-order chi connectivity index (χ1) is 7.83. The monoisotopic (exact) mass is 233 g/mol. The average Bonchev–Trinajstić information content (AvgIpc) is 2.73. The second kappa shape index (κ2) is 4.03. The maximum Gasteiger partial charge on any atom is 0.0938 e. The number of hydrogen-bond donors (Lipinski definition) is 0. The zero-order valence-corrected chi connectivity index (χ0v) is 10.2. The van der Waals surface area contributed by atoms with E-state index in [1.54, 1.807) is 0 Å². The molecule has 84 valence electrons. The van der Waals surface area contributed by atoms with Gasteiger partial charge in [0.2, 0.25) is 0 Å². The summed E-state index contributed by atoms with van der Waals surface area (Å²) in [5.74, 6) is 0. The molecule has 0 aromatic carbocycles. The van der Waals surface area contributed by atoms with Crippen LogP contribution in [0.4, 0.5) is 5.00 Å². The third-order valence-electron chi connectivity index (χ3n) is 3.09. The van der Waals surface area contributed by atoms with Crippen LogP contribution in [0.2, 0.25) is 0 Å². The lowest BCUT2D eigenvalue weighted by atomic mass is 10.3. The largest absolute Gasteiger partial charge is 0.361 e. The Morgan fingerprint density at radius 1 is 1.25 bits per heavy atom. The lowest BCUT2D eigenvalue weighted by Crippen LogP contribution is -2.44. The number of aromatic nitrogens is 1. The molecule has 3 heterocycles. The molecule has 0 spiro atoms. The molecule has 3 nitrogen and oxygen atoms in total. The summed E-state index contributed by atoms with van der Waals surface area (Å²) in [4.78, 5) is 9.23. The van der Waals surface area contributed by atoms with E-state index < -0.39 is 0 Å². The van der Waals surface area contributed by atoms with E-state index >= 15 is 0 Å². The van der Waals surface area contributed by atoms with Crippen LogP contribution in [-0.2, 0) is 0 Å². The predicted octanol–water partition coefficient (Wildman–Crippen LogP) is 2.05. The Labute approximate surface area is 99.3 Å². The zero-order valence-electron chi connectivity index (χ0n) is 9.39.